The molecule has 1 fully saturated rings. The summed E-state index contributed by atoms with van der Waals surface area (Å²) in [4.78, 5) is 12.1. The van der Waals surface area contributed by atoms with Crippen molar-refractivity contribution < 1.29 is 4.79 Å². The van der Waals surface area contributed by atoms with Crippen molar-refractivity contribution in [1.82, 2.24) is 5.32 Å². The van der Waals surface area contributed by atoms with Crippen LogP contribution in [0.3, 0.4) is 0 Å². The van der Waals surface area contributed by atoms with E-state index >= 15 is 0 Å². The van der Waals surface area contributed by atoms with Crippen LogP contribution < -0.4 is 10.6 Å². The molecule has 1 aliphatic carbocycles. The van der Waals surface area contributed by atoms with Gasteiger partial charge in [-0.15, -0.1) is 0 Å². The van der Waals surface area contributed by atoms with Crippen LogP contribution >= 0.6 is 34.8 Å². The maximum absolute atomic E-state index is 12.1. The van der Waals surface area contributed by atoms with Crippen molar-refractivity contribution in [3.8, 4) is 0 Å². The van der Waals surface area contributed by atoms with E-state index in [2.05, 4.69) is 10.6 Å². The fourth-order valence-electron chi connectivity index (χ4n) is 2.33. The molecule has 1 aromatic carbocycles. The van der Waals surface area contributed by atoms with E-state index in [9.17, 15) is 4.79 Å². The van der Waals surface area contributed by atoms with E-state index in [0.717, 1.165) is 12.8 Å². The van der Waals surface area contributed by atoms with Gasteiger partial charge in [0.2, 0.25) is 5.91 Å². The minimum Gasteiger partial charge on any atom is -0.373 e. The fourth-order valence-corrected chi connectivity index (χ4v) is 2.93. The van der Waals surface area contributed by atoms with Crippen LogP contribution in [0, 0.1) is 0 Å². The van der Waals surface area contributed by atoms with Gasteiger partial charge in [0, 0.05) is 6.04 Å². The van der Waals surface area contributed by atoms with E-state index < -0.39 is 0 Å². The highest BCUT2D eigenvalue weighted by atomic mass is 35.5. The van der Waals surface area contributed by atoms with Gasteiger partial charge >= 0.3 is 0 Å². The Hall–Kier alpha value is -0.640. The zero-order chi connectivity index (χ0) is 14.7. The molecule has 0 saturated heterocycles. The highest BCUT2D eigenvalue weighted by molar-refractivity contribution is 6.44. The second kappa shape index (κ2) is 6.88. The highest BCUT2D eigenvalue weighted by Gasteiger charge is 2.21. The molecule has 1 aliphatic rings. The Kier molecular flexibility index (Phi) is 5.42. The van der Waals surface area contributed by atoms with Gasteiger partial charge in [-0.1, -0.05) is 47.6 Å². The number of amides is 1. The molecule has 1 aromatic rings. The zero-order valence-electron chi connectivity index (χ0n) is 11.2. The van der Waals surface area contributed by atoms with E-state index in [4.69, 9.17) is 34.8 Å². The molecule has 0 aliphatic heterocycles. The molecule has 0 heterocycles. The molecule has 110 valence electrons. The SMILES string of the molecule is CC(Nc1cc(Cl)c(Cl)cc1Cl)C(=O)NC1CCCC1. The summed E-state index contributed by atoms with van der Waals surface area (Å²) in [5.41, 5.74) is 0.607. The smallest absolute Gasteiger partial charge is 0.242 e. The Morgan fingerprint density at radius 1 is 1.15 bits per heavy atom. The lowest BCUT2D eigenvalue weighted by atomic mass is 10.2. The van der Waals surface area contributed by atoms with Gasteiger partial charge in [-0.05, 0) is 31.9 Å². The number of anilines is 1. The molecule has 3 nitrogen and oxygen atoms in total. The molecule has 6 heteroatoms. The lowest BCUT2D eigenvalue weighted by molar-refractivity contribution is -0.122. The van der Waals surface area contributed by atoms with Gasteiger partial charge in [-0.2, -0.15) is 0 Å². The molecule has 1 saturated carbocycles. The van der Waals surface area contributed by atoms with Crippen molar-refractivity contribution >= 4 is 46.4 Å². The van der Waals surface area contributed by atoms with E-state index in [1.54, 1.807) is 19.1 Å². The summed E-state index contributed by atoms with van der Waals surface area (Å²) in [5, 5.41) is 7.35. The number of carbonyl (C=O) groups excluding carboxylic acids is 1. The van der Waals surface area contributed by atoms with Crippen LogP contribution in [0.5, 0.6) is 0 Å². The van der Waals surface area contributed by atoms with Gasteiger partial charge in [0.15, 0.2) is 0 Å². The molecular weight excluding hydrogens is 319 g/mol. The van der Waals surface area contributed by atoms with Crippen molar-refractivity contribution in [3.63, 3.8) is 0 Å². The fraction of sp³-hybridized carbons (Fsp3) is 0.500. The van der Waals surface area contributed by atoms with Crippen LogP contribution in [0.2, 0.25) is 15.1 Å². The van der Waals surface area contributed by atoms with Gasteiger partial charge in [-0.3, -0.25) is 4.79 Å². The van der Waals surface area contributed by atoms with Crippen LogP contribution in [-0.2, 0) is 4.79 Å². The summed E-state index contributed by atoms with van der Waals surface area (Å²) < 4.78 is 0. The standard InChI is InChI=1S/C14H17Cl3N2O/c1-8(14(20)19-9-4-2-3-5-9)18-13-7-11(16)10(15)6-12(13)17/h6-9,18H,2-5H2,1H3,(H,19,20). The average Bonchev–Trinajstić information content (AvgIpc) is 2.88. The third kappa shape index (κ3) is 3.94. The summed E-state index contributed by atoms with van der Waals surface area (Å²) >= 11 is 17.9. The van der Waals surface area contributed by atoms with E-state index in [-0.39, 0.29) is 11.9 Å². The summed E-state index contributed by atoms with van der Waals surface area (Å²) in [6, 6.07) is 3.11. The first-order chi connectivity index (χ1) is 9.47. The number of carbonyl (C=O) groups is 1. The first-order valence-electron chi connectivity index (χ1n) is 6.69. The van der Waals surface area contributed by atoms with E-state index in [1.807, 2.05) is 0 Å². The third-order valence-corrected chi connectivity index (χ3v) is 4.51. The Morgan fingerprint density at radius 2 is 1.75 bits per heavy atom. The van der Waals surface area contributed by atoms with E-state index in [0.29, 0.717) is 26.8 Å². The quantitative estimate of drug-likeness (QED) is 0.795. The van der Waals surface area contributed by atoms with Crippen LogP contribution in [-0.4, -0.2) is 18.0 Å². The minimum atomic E-state index is -0.384. The van der Waals surface area contributed by atoms with Crippen LogP contribution in [0.25, 0.3) is 0 Å². The number of benzene rings is 1. The lowest BCUT2D eigenvalue weighted by Crippen LogP contribution is -2.42. The summed E-state index contributed by atoms with van der Waals surface area (Å²) in [5.74, 6) is -0.0287. The van der Waals surface area contributed by atoms with Crippen molar-refractivity contribution in [2.75, 3.05) is 5.32 Å². The van der Waals surface area contributed by atoms with Crippen molar-refractivity contribution in [3.05, 3.63) is 27.2 Å². The van der Waals surface area contributed by atoms with Gasteiger partial charge in [-0.25, -0.2) is 0 Å². The maximum atomic E-state index is 12.1. The van der Waals surface area contributed by atoms with Gasteiger partial charge in [0.1, 0.15) is 6.04 Å². The predicted molar refractivity (Wildman–Crippen MR) is 85.0 cm³/mol. The predicted octanol–water partition coefficient (Wildman–Crippen LogP) is 4.51. The monoisotopic (exact) mass is 334 g/mol. The van der Waals surface area contributed by atoms with Crippen LogP contribution in [0.1, 0.15) is 32.6 Å². The number of nitrogens with one attached hydrogen (secondary N) is 2. The van der Waals surface area contributed by atoms with Gasteiger partial charge < -0.3 is 10.6 Å². The largest absolute Gasteiger partial charge is 0.373 e. The minimum absolute atomic E-state index is 0.0287. The molecule has 1 amide bonds. The Labute approximate surface area is 134 Å². The van der Waals surface area contributed by atoms with Gasteiger partial charge in [0.25, 0.3) is 0 Å². The number of hydrogen-bond acceptors (Lipinski definition) is 2. The van der Waals surface area contributed by atoms with E-state index in [1.165, 1.54) is 12.8 Å². The second-order valence-corrected chi connectivity index (χ2v) is 6.32. The molecule has 0 aromatic heterocycles. The molecular formula is C14H17Cl3N2O. The number of halogens is 3. The zero-order valence-corrected chi connectivity index (χ0v) is 13.4. The van der Waals surface area contributed by atoms with Crippen LogP contribution in [0.15, 0.2) is 12.1 Å². The Morgan fingerprint density at radius 3 is 2.40 bits per heavy atom. The Balaban J connectivity index is 1.98. The number of rotatable bonds is 4. The molecule has 2 N–H and O–H groups in total. The molecule has 0 spiro atoms. The second-order valence-electron chi connectivity index (χ2n) is 5.10. The first kappa shape index (κ1) is 15.7. The Bertz CT molecular complexity index is 501. The highest BCUT2D eigenvalue weighted by Crippen LogP contribution is 2.32. The van der Waals surface area contributed by atoms with Crippen LogP contribution in [0.4, 0.5) is 5.69 Å². The van der Waals surface area contributed by atoms with Crippen molar-refractivity contribution in [1.29, 1.82) is 0 Å². The van der Waals surface area contributed by atoms with Crippen molar-refractivity contribution in [2.45, 2.75) is 44.7 Å². The molecule has 0 radical (unpaired) electrons. The molecule has 1 atom stereocenters. The maximum Gasteiger partial charge on any atom is 0.242 e. The van der Waals surface area contributed by atoms with Crippen molar-refractivity contribution in [2.24, 2.45) is 0 Å². The molecule has 20 heavy (non-hydrogen) atoms. The summed E-state index contributed by atoms with van der Waals surface area (Å²) in [7, 11) is 0. The summed E-state index contributed by atoms with van der Waals surface area (Å²) in [6.07, 6.45) is 4.49. The third-order valence-electron chi connectivity index (χ3n) is 3.48. The number of hydrogen-bond donors (Lipinski definition) is 2. The summed E-state index contributed by atoms with van der Waals surface area (Å²) in [6.45, 7) is 1.79. The first-order valence-corrected chi connectivity index (χ1v) is 7.82. The lowest BCUT2D eigenvalue weighted by Gasteiger charge is -2.19. The molecule has 2 rings (SSSR count). The average molecular weight is 336 g/mol. The normalized spacial score (nSPS) is 17.0. The topological polar surface area (TPSA) is 41.1 Å². The molecule has 0 bridgehead atoms. The molecule has 1 unspecified atom stereocenters. The van der Waals surface area contributed by atoms with Gasteiger partial charge in [0.05, 0.1) is 20.8 Å².